The van der Waals surface area contributed by atoms with E-state index in [0.717, 1.165) is 5.39 Å². The molecule has 0 saturated carbocycles. The van der Waals surface area contributed by atoms with Crippen molar-refractivity contribution in [2.75, 3.05) is 0 Å². The van der Waals surface area contributed by atoms with Gasteiger partial charge in [0, 0.05) is 5.39 Å². The van der Waals surface area contributed by atoms with Crippen LogP contribution in [0.3, 0.4) is 0 Å². The number of rotatable bonds is 4. The highest BCUT2D eigenvalue weighted by Gasteiger charge is 2.25. The first-order valence-corrected chi connectivity index (χ1v) is 6.72. The predicted molar refractivity (Wildman–Crippen MR) is 68.2 cm³/mol. The fourth-order valence-electron chi connectivity index (χ4n) is 1.52. The van der Waals surface area contributed by atoms with Crippen molar-refractivity contribution in [1.82, 2.24) is 5.48 Å². The second kappa shape index (κ2) is 5.27. The van der Waals surface area contributed by atoms with E-state index < -0.39 is 13.9 Å². The molecule has 1 unspecified atom stereocenters. The smallest absolute Gasteiger partial charge is 0.402 e. The lowest BCUT2D eigenvalue weighted by atomic mass is 10.1. The number of hydroxylamine groups is 1. The summed E-state index contributed by atoms with van der Waals surface area (Å²) < 4.78 is 20.7. The Kier molecular flexibility index (Phi) is 3.71. The number of phosphoric acid groups is 1. The van der Waals surface area contributed by atoms with E-state index in [9.17, 15) is 14.3 Å². The van der Waals surface area contributed by atoms with Crippen LogP contribution in [0.5, 0.6) is 5.75 Å². The Morgan fingerprint density at radius 1 is 1.21 bits per heavy atom. The Hall–Kier alpha value is -2.08. The van der Waals surface area contributed by atoms with Gasteiger partial charge >= 0.3 is 13.9 Å². The van der Waals surface area contributed by atoms with Gasteiger partial charge in [-0.05, 0) is 11.5 Å². The molecule has 0 aliphatic carbocycles. The molecule has 0 aromatic heterocycles. The molecule has 2 aromatic rings. The minimum absolute atomic E-state index is 0.162. The van der Waals surface area contributed by atoms with E-state index in [1.54, 1.807) is 23.7 Å². The molecule has 0 heterocycles. The second-order valence-electron chi connectivity index (χ2n) is 3.59. The molecule has 100 valence electrons. The molecule has 2 aromatic carbocycles. The van der Waals surface area contributed by atoms with Crippen molar-refractivity contribution in [3.8, 4) is 5.75 Å². The lowest BCUT2D eigenvalue weighted by Crippen LogP contribution is -2.29. The molecule has 0 bridgehead atoms. The predicted octanol–water partition coefficient (Wildman–Crippen LogP) is 1.92. The van der Waals surface area contributed by atoms with Gasteiger partial charge in [-0.1, -0.05) is 36.4 Å². The molecule has 0 aliphatic rings. The van der Waals surface area contributed by atoms with Gasteiger partial charge in [-0.25, -0.2) is 14.8 Å². The number of amides is 2. The zero-order valence-electron chi connectivity index (χ0n) is 9.65. The number of hydrogen-bond acceptors (Lipinski definition) is 4. The lowest BCUT2D eigenvalue weighted by Gasteiger charge is -2.13. The maximum Gasteiger partial charge on any atom is 0.549 e. The van der Waals surface area contributed by atoms with Crippen LogP contribution in [0.2, 0.25) is 0 Å². The Morgan fingerprint density at radius 3 is 2.63 bits per heavy atom. The highest BCUT2D eigenvalue weighted by molar-refractivity contribution is 7.47. The van der Waals surface area contributed by atoms with Gasteiger partial charge in [0.25, 0.3) is 0 Å². The number of carbonyl (C=O) groups is 1. The second-order valence-corrected chi connectivity index (χ2v) is 4.90. The summed E-state index contributed by atoms with van der Waals surface area (Å²) in [5.41, 5.74) is 6.28. The highest BCUT2D eigenvalue weighted by atomic mass is 31.2. The molecular formula is C11H11N2O5P. The largest absolute Gasteiger partial charge is 0.549 e. The maximum atomic E-state index is 11.6. The third-order valence-corrected chi connectivity index (χ3v) is 2.97. The zero-order valence-corrected chi connectivity index (χ0v) is 10.5. The molecule has 0 saturated heterocycles. The third-order valence-electron chi connectivity index (χ3n) is 2.22. The summed E-state index contributed by atoms with van der Waals surface area (Å²) in [6.07, 6.45) is 0. The van der Waals surface area contributed by atoms with Gasteiger partial charge in [-0.15, -0.1) is 0 Å². The van der Waals surface area contributed by atoms with Gasteiger partial charge in [-0.3, -0.25) is 4.89 Å². The van der Waals surface area contributed by atoms with E-state index in [0.29, 0.717) is 5.39 Å². The average molecular weight is 282 g/mol. The van der Waals surface area contributed by atoms with Gasteiger partial charge in [0.15, 0.2) is 0 Å². The fourth-order valence-corrected chi connectivity index (χ4v) is 2.17. The average Bonchev–Trinajstić information content (AvgIpc) is 2.37. The molecular weight excluding hydrogens is 271 g/mol. The van der Waals surface area contributed by atoms with Crippen LogP contribution < -0.4 is 15.7 Å². The van der Waals surface area contributed by atoms with Crippen molar-refractivity contribution in [2.24, 2.45) is 5.73 Å². The molecule has 0 spiro atoms. The van der Waals surface area contributed by atoms with Gasteiger partial charge in [0.05, 0.1) is 0 Å². The third kappa shape index (κ3) is 3.45. The number of nitrogens with two attached hydrogens (primary N) is 1. The Morgan fingerprint density at radius 2 is 1.89 bits per heavy atom. The minimum Gasteiger partial charge on any atom is -0.402 e. The maximum absolute atomic E-state index is 11.6. The van der Waals surface area contributed by atoms with Crippen LogP contribution in [0.4, 0.5) is 4.79 Å². The molecule has 0 fully saturated rings. The first-order valence-electron chi connectivity index (χ1n) is 5.22. The van der Waals surface area contributed by atoms with E-state index in [-0.39, 0.29) is 5.75 Å². The fraction of sp³-hybridized carbons (Fsp3) is 0. The number of nitrogens with one attached hydrogen (secondary N) is 1. The molecule has 1 atom stereocenters. The zero-order chi connectivity index (χ0) is 13.9. The van der Waals surface area contributed by atoms with Gasteiger partial charge in [0.2, 0.25) is 0 Å². The van der Waals surface area contributed by atoms with E-state index >= 15 is 0 Å². The SMILES string of the molecule is NC(=O)NOP(=O)(O)Oc1cccc2ccccc12. The van der Waals surface area contributed by atoms with Crippen LogP contribution in [-0.4, -0.2) is 10.9 Å². The molecule has 0 aliphatic heterocycles. The Bertz CT molecular complexity index is 655. The lowest BCUT2D eigenvalue weighted by molar-refractivity contribution is 0.140. The molecule has 0 radical (unpaired) electrons. The number of urea groups is 1. The summed E-state index contributed by atoms with van der Waals surface area (Å²) >= 11 is 0. The number of carbonyl (C=O) groups excluding carboxylic acids is 1. The number of hydrogen-bond donors (Lipinski definition) is 3. The first-order chi connectivity index (χ1) is 8.98. The van der Waals surface area contributed by atoms with Crippen molar-refractivity contribution in [3.63, 3.8) is 0 Å². The normalized spacial score (nSPS) is 13.7. The molecule has 7 nitrogen and oxygen atoms in total. The van der Waals surface area contributed by atoms with E-state index in [1.165, 1.54) is 6.07 Å². The quantitative estimate of drug-likeness (QED) is 0.586. The summed E-state index contributed by atoms with van der Waals surface area (Å²) in [6.45, 7) is 0. The molecule has 19 heavy (non-hydrogen) atoms. The van der Waals surface area contributed by atoms with Crippen molar-refractivity contribution in [2.45, 2.75) is 0 Å². The summed E-state index contributed by atoms with van der Waals surface area (Å²) in [6, 6.07) is 11.1. The number of benzene rings is 2. The summed E-state index contributed by atoms with van der Waals surface area (Å²) in [5.74, 6) is 0.162. The molecule has 4 N–H and O–H groups in total. The molecule has 2 rings (SSSR count). The van der Waals surface area contributed by atoms with Crippen molar-refractivity contribution in [1.29, 1.82) is 0 Å². The Balaban J connectivity index is 2.26. The topological polar surface area (TPSA) is 111 Å². The van der Waals surface area contributed by atoms with Crippen LogP contribution in [0, 0.1) is 0 Å². The molecule has 8 heteroatoms. The van der Waals surface area contributed by atoms with Gasteiger partial charge in [-0.2, -0.15) is 4.62 Å². The van der Waals surface area contributed by atoms with Crippen LogP contribution in [-0.2, 0) is 9.19 Å². The van der Waals surface area contributed by atoms with Crippen molar-refractivity contribution in [3.05, 3.63) is 42.5 Å². The van der Waals surface area contributed by atoms with Crippen molar-refractivity contribution < 1.29 is 23.4 Å². The summed E-state index contributed by atoms with van der Waals surface area (Å²) in [5, 5.41) is 1.48. The van der Waals surface area contributed by atoms with E-state index in [1.807, 2.05) is 18.2 Å². The van der Waals surface area contributed by atoms with Crippen LogP contribution in [0.15, 0.2) is 42.5 Å². The van der Waals surface area contributed by atoms with Gasteiger partial charge in [0.1, 0.15) is 5.75 Å². The summed E-state index contributed by atoms with van der Waals surface area (Å²) in [7, 11) is -4.48. The standard InChI is InChI=1S/C11H11N2O5P/c12-11(14)13-18-19(15,16)17-10-7-3-5-8-4-1-2-6-9(8)10/h1-7H,(H,15,16)(H3,12,13,14). The van der Waals surface area contributed by atoms with Crippen LogP contribution >= 0.6 is 7.82 Å². The van der Waals surface area contributed by atoms with E-state index in [2.05, 4.69) is 4.62 Å². The Labute approximate surface area is 108 Å². The molecule has 2 amide bonds. The minimum atomic E-state index is -4.48. The van der Waals surface area contributed by atoms with Crippen LogP contribution in [0.1, 0.15) is 0 Å². The number of fused-ring (bicyclic) bond motifs is 1. The highest BCUT2D eigenvalue weighted by Crippen LogP contribution is 2.44. The van der Waals surface area contributed by atoms with Crippen LogP contribution in [0.25, 0.3) is 10.8 Å². The first kappa shape index (κ1) is 13.4. The number of primary amides is 1. The van der Waals surface area contributed by atoms with E-state index in [4.69, 9.17) is 10.3 Å². The monoisotopic (exact) mass is 282 g/mol. The van der Waals surface area contributed by atoms with Gasteiger partial charge < -0.3 is 10.3 Å². The number of phosphoric ester groups is 1. The summed E-state index contributed by atoms with van der Waals surface area (Å²) in [4.78, 5) is 19.8. The van der Waals surface area contributed by atoms with Crippen molar-refractivity contribution >= 4 is 24.6 Å².